The number of carbonyl (C=O) groups excluding carboxylic acids is 2. The SMILES string of the molecule is CCCCCCCCCCCCCC(=O)N(O)[C@@H]1[C@@H](OCC[C@H](O)CCCCCCCCCCC)[C@H](O)[C@@H](CO[C@@H]2O[C@H](CF)[C@@H](OP(=O)(O)O)[C@H](OCC[C@@H](CCCCCCCCCCC)OCCCCCCCCCCCC)[C@H]2NC(C)=O)O[C@@H]1C(=O)O. The van der Waals surface area contributed by atoms with Gasteiger partial charge in [0.05, 0.1) is 18.8 Å². The lowest BCUT2D eigenvalue weighted by atomic mass is 9.91. The zero-order chi connectivity index (χ0) is 66.0. The van der Waals surface area contributed by atoms with E-state index >= 15 is 4.39 Å². The zero-order valence-electron chi connectivity index (χ0n) is 57.0. The van der Waals surface area contributed by atoms with Crippen LogP contribution in [0.15, 0.2) is 0 Å². The zero-order valence-corrected chi connectivity index (χ0v) is 57.9. The van der Waals surface area contributed by atoms with Crippen molar-refractivity contribution in [1.29, 1.82) is 0 Å². The maximum Gasteiger partial charge on any atom is 0.470 e. The van der Waals surface area contributed by atoms with Crippen molar-refractivity contribution in [3.8, 4) is 0 Å². The molecule has 2 rings (SSSR count). The van der Waals surface area contributed by atoms with Crippen molar-refractivity contribution in [3.63, 3.8) is 0 Å². The first-order valence-electron chi connectivity index (χ1n) is 36.5. The highest BCUT2D eigenvalue weighted by Gasteiger charge is 2.55. The first-order chi connectivity index (χ1) is 43.5. The van der Waals surface area contributed by atoms with Gasteiger partial charge in [-0.1, -0.05) is 265 Å². The normalized spacial score (nSPS) is 22.8. The molecule has 90 heavy (non-hydrogen) atoms. The Bertz CT molecular complexity index is 1790. The number of amides is 2. The van der Waals surface area contributed by atoms with Crippen LogP contribution >= 0.6 is 7.82 Å². The molecule has 21 heteroatoms. The van der Waals surface area contributed by atoms with Crippen LogP contribution in [0.25, 0.3) is 0 Å². The van der Waals surface area contributed by atoms with Gasteiger partial charge in [-0.05, 0) is 38.5 Å². The molecule has 0 aliphatic carbocycles. The molecule has 2 fully saturated rings. The highest BCUT2D eigenvalue weighted by molar-refractivity contribution is 7.46. The van der Waals surface area contributed by atoms with Gasteiger partial charge in [0, 0.05) is 33.2 Å². The number of hydrogen-bond donors (Lipinski definition) is 7. The van der Waals surface area contributed by atoms with Crippen LogP contribution in [-0.4, -0.2) is 160 Å². The molecule has 532 valence electrons. The lowest BCUT2D eigenvalue weighted by molar-refractivity contribution is -0.297. The number of aliphatic hydroxyl groups is 2. The number of rotatable bonds is 61. The second-order valence-corrected chi connectivity index (χ2v) is 27.3. The van der Waals surface area contributed by atoms with Gasteiger partial charge in [-0.3, -0.25) is 19.3 Å². The Balaban J connectivity index is 2.34. The summed E-state index contributed by atoms with van der Waals surface area (Å²) in [5, 5.41) is 48.4. The summed E-state index contributed by atoms with van der Waals surface area (Å²) < 4.78 is 70.3. The molecule has 0 saturated carbocycles. The van der Waals surface area contributed by atoms with Crippen LogP contribution in [0, 0.1) is 0 Å². The van der Waals surface area contributed by atoms with E-state index in [4.69, 9.17) is 32.9 Å². The molecule has 2 amide bonds. The summed E-state index contributed by atoms with van der Waals surface area (Å²) in [6, 6.07) is -3.17. The summed E-state index contributed by atoms with van der Waals surface area (Å²) >= 11 is 0. The summed E-state index contributed by atoms with van der Waals surface area (Å²) in [5.74, 6) is -3.01. The molecule has 12 atom stereocenters. The number of aliphatic hydroxyl groups excluding tert-OH is 2. The third-order valence-electron chi connectivity index (χ3n) is 17.9. The lowest BCUT2D eigenvalue weighted by Gasteiger charge is -2.47. The van der Waals surface area contributed by atoms with E-state index in [1.54, 1.807) is 0 Å². The van der Waals surface area contributed by atoms with E-state index in [2.05, 4.69) is 33.0 Å². The number of carboxylic acid groups (broad SMARTS) is 1. The highest BCUT2D eigenvalue weighted by Crippen LogP contribution is 2.43. The monoisotopic (exact) mass is 1310 g/mol. The predicted octanol–water partition coefficient (Wildman–Crippen LogP) is 15.2. The third-order valence-corrected chi connectivity index (χ3v) is 18.5. The fourth-order valence-corrected chi connectivity index (χ4v) is 13.1. The van der Waals surface area contributed by atoms with E-state index < -0.39 is 106 Å². The summed E-state index contributed by atoms with van der Waals surface area (Å²) in [6.45, 7) is 8.29. The Morgan fingerprint density at radius 2 is 0.978 bits per heavy atom. The van der Waals surface area contributed by atoms with Gasteiger partial charge in [0.15, 0.2) is 12.4 Å². The molecule has 0 aromatic heterocycles. The molecule has 19 nitrogen and oxygen atoms in total. The van der Waals surface area contributed by atoms with Gasteiger partial charge in [-0.25, -0.2) is 18.8 Å². The fourth-order valence-electron chi connectivity index (χ4n) is 12.5. The number of hydroxylamine groups is 2. The minimum atomic E-state index is -5.35. The smallest absolute Gasteiger partial charge is 0.470 e. The van der Waals surface area contributed by atoms with Crippen LogP contribution in [0.1, 0.15) is 317 Å². The van der Waals surface area contributed by atoms with Crippen LogP contribution in [0.5, 0.6) is 0 Å². The topological polar surface area (TPSA) is 270 Å². The van der Waals surface area contributed by atoms with Crippen molar-refractivity contribution in [1.82, 2.24) is 10.4 Å². The highest BCUT2D eigenvalue weighted by atomic mass is 31.2. The minimum Gasteiger partial charge on any atom is -0.479 e. The van der Waals surface area contributed by atoms with Gasteiger partial charge in [0.2, 0.25) is 11.8 Å². The molecule has 0 unspecified atom stereocenters. The number of nitrogens with one attached hydrogen (secondary N) is 1. The van der Waals surface area contributed by atoms with E-state index in [1.165, 1.54) is 155 Å². The lowest BCUT2D eigenvalue weighted by Crippen LogP contribution is -2.68. The molecular weight excluding hydrogens is 1180 g/mol. The van der Waals surface area contributed by atoms with E-state index in [1.807, 2.05) is 0 Å². The van der Waals surface area contributed by atoms with Gasteiger partial charge in [0.25, 0.3) is 0 Å². The third kappa shape index (κ3) is 39.2. The number of carboxylic acids is 1. The Morgan fingerprint density at radius 1 is 0.544 bits per heavy atom. The van der Waals surface area contributed by atoms with Crippen molar-refractivity contribution < 1.29 is 86.6 Å². The quantitative estimate of drug-likeness (QED) is 0.0129. The van der Waals surface area contributed by atoms with Crippen molar-refractivity contribution in [2.45, 2.75) is 390 Å². The number of unbranched alkanes of at least 4 members (excludes halogenated alkanes) is 35. The maximum absolute atomic E-state index is 15.2. The number of phosphoric acid groups is 1. The van der Waals surface area contributed by atoms with Crippen molar-refractivity contribution in [2.75, 3.05) is 33.1 Å². The second kappa shape index (κ2) is 54.2. The predicted molar refractivity (Wildman–Crippen MR) is 351 cm³/mol. The van der Waals surface area contributed by atoms with Gasteiger partial charge in [-0.15, -0.1) is 0 Å². The molecule has 0 aromatic rings. The maximum atomic E-state index is 15.2. The molecule has 7 N–H and O–H groups in total. The number of phosphoric ester groups is 1. The molecule has 0 spiro atoms. The Labute approximate surface area is 544 Å². The van der Waals surface area contributed by atoms with E-state index in [0.29, 0.717) is 25.9 Å². The number of alkyl halides is 1. The van der Waals surface area contributed by atoms with Crippen molar-refractivity contribution >= 4 is 25.6 Å². The summed E-state index contributed by atoms with van der Waals surface area (Å²) in [5.41, 5.74) is 0. The minimum absolute atomic E-state index is 0.0533. The van der Waals surface area contributed by atoms with Gasteiger partial charge < -0.3 is 58.8 Å². The molecule has 2 aliphatic rings. The van der Waals surface area contributed by atoms with E-state index in [-0.39, 0.29) is 37.2 Å². The number of carbonyl (C=O) groups is 3. The molecule has 2 aliphatic heterocycles. The van der Waals surface area contributed by atoms with Crippen molar-refractivity contribution in [3.05, 3.63) is 0 Å². The average Bonchev–Trinajstić information content (AvgIpc) is 0.849. The molecule has 0 bridgehead atoms. The first kappa shape index (κ1) is 84.2. The summed E-state index contributed by atoms with van der Waals surface area (Å²) in [6.07, 6.45) is 30.6. The van der Waals surface area contributed by atoms with E-state index in [9.17, 15) is 49.3 Å². The Morgan fingerprint density at radius 3 is 1.43 bits per heavy atom. The van der Waals surface area contributed by atoms with Crippen molar-refractivity contribution in [2.24, 2.45) is 0 Å². The Kier molecular flexibility index (Phi) is 50.7. The van der Waals surface area contributed by atoms with Crippen LogP contribution in [-0.2, 0) is 51.9 Å². The molecule has 0 radical (unpaired) electrons. The largest absolute Gasteiger partial charge is 0.479 e. The summed E-state index contributed by atoms with van der Waals surface area (Å²) in [7, 11) is -5.35. The Hall–Kier alpha value is -1.91. The second-order valence-electron chi connectivity index (χ2n) is 26.1. The van der Waals surface area contributed by atoms with Crippen LogP contribution in [0.3, 0.4) is 0 Å². The van der Waals surface area contributed by atoms with E-state index in [0.717, 1.165) is 103 Å². The van der Waals surface area contributed by atoms with Crippen LogP contribution in [0.2, 0.25) is 0 Å². The number of hydrogen-bond acceptors (Lipinski definition) is 14. The molecule has 2 saturated heterocycles. The fraction of sp³-hybridized carbons (Fsp3) is 0.957. The van der Waals surface area contributed by atoms with Gasteiger partial charge in [0.1, 0.15) is 55.4 Å². The number of halogens is 1. The van der Waals surface area contributed by atoms with Gasteiger partial charge in [-0.2, -0.15) is 0 Å². The summed E-state index contributed by atoms with van der Waals surface area (Å²) in [4.78, 5) is 60.2. The number of nitrogens with zero attached hydrogens (tertiary/aromatic N) is 1. The average molecular weight is 1310 g/mol. The van der Waals surface area contributed by atoms with Gasteiger partial charge >= 0.3 is 13.8 Å². The standard InChI is InChI=1S/C69H132FN2O17P/c1-6-10-14-18-22-26-28-31-35-39-43-47-60(75)72(79)62-66(85-51-48-56(74)45-41-37-33-29-24-20-16-12-8-3)63(76)59(87-67(62)68(77)78)54-86-69-61(71-55(5)73)65(64(58(53-70)88-69)89-90(80,81)82)84-52-49-57(46-42-38-34-30-25-21-17-13-9-4)83-50-44-40-36-32-27-23-19-15-11-7-2/h56-59,61-67,69,74,76,79H,6-54H2,1-5H3,(H,71,73)(H,77,78)(H2,80,81,82)/t56-,57-,58-,59-,61-,62-,63-,64-,65-,66-,67+,69-/m1/s1. The first-order valence-corrected chi connectivity index (χ1v) is 38.0. The number of aliphatic carboxylic acids is 1. The molecule has 2 heterocycles. The molecular formula is C69H132FN2O17P. The molecule has 0 aromatic carbocycles. The van der Waals surface area contributed by atoms with Crippen LogP contribution < -0.4 is 5.32 Å². The van der Waals surface area contributed by atoms with Crippen LogP contribution in [0.4, 0.5) is 4.39 Å². The number of ether oxygens (including phenoxy) is 6.